The number of carbonyl (C=O) groups excluding carboxylic acids is 1. The van der Waals surface area contributed by atoms with Crippen LogP contribution in [-0.2, 0) is 16.0 Å². The number of benzene rings is 1. The summed E-state index contributed by atoms with van der Waals surface area (Å²) >= 11 is 3.33. The van der Waals surface area contributed by atoms with Gasteiger partial charge in [0.2, 0.25) is 0 Å². The van der Waals surface area contributed by atoms with Crippen molar-refractivity contribution in [2.24, 2.45) is 0 Å². The lowest BCUT2D eigenvalue weighted by Crippen LogP contribution is -2.42. The summed E-state index contributed by atoms with van der Waals surface area (Å²) in [6, 6.07) is 6.18. The highest BCUT2D eigenvalue weighted by Crippen LogP contribution is 2.17. The molecule has 0 aliphatic carbocycles. The van der Waals surface area contributed by atoms with Crippen LogP contribution >= 0.6 is 15.9 Å². The first kappa shape index (κ1) is 15.2. The Balaban J connectivity index is 2.68. The van der Waals surface area contributed by atoms with Crippen molar-refractivity contribution >= 4 is 28.0 Å². The Kier molecular flexibility index (Phi) is 6.08. The van der Waals surface area contributed by atoms with E-state index in [9.17, 15) is 9.59 Å². The van der Waals surface area contributed by atoms with Gasteiger partial charge in [0.25, 0.3) is 0 Å². The lowest BCUT2D eigenvalue weighted by molar-refractivity contribution is -0.139. The van der Waals surface area contributed by atoms with Crippen LogP contribution in [0.1, 0.15) is 5.56 Å². The lowest BCUT2D eigenvalue weighted by atomic mass is 10.1. The number of rotatable bonds is 6. The minimum absolute atomic E-state index is 0.0349. The van der Waals surface area contributed by atoms with E-state index in [1.807, 2.05) is 12.1 Å². The minimum Gasteiger partial charge on any atom is -0.480 e. The Morgan fingerprint density at radius 1 is 1.47 bits per heavy atom. The van der Waals surface area contributed by atoms with Crippen molar-refractivity contribution in [1.82, 2.24) is 5.32 Å². The van der Waals surface area contributed by atoms with Gasteiger partial charge in [-0.05, 0) is 11.6 Å². The summed E-state index contributed by atoms with van der Waals surface area (Å²) in [5, 5.41) is 11.4. The fourth-order valence-electron chi connectivity index (χ4n) is 1.40. The minimum atomic E-state index is -1.12. The van der Waals surface area contributed by atoms with E-state index in [2.05, 4.69) is 27.8 Å². The zero-order chi connectivity index (χ0) is 14.3. The van der Waals surface area contributed by atoms with Crippen LogP contribution < -0.4 is 5.32 Å². The molecular weight excluding hydrogens is 314 g/mol. The zero-order valence-corrected chi connectivity index (χ0v) is 11.7. The topological polar surface area (TPSA) is 75.6 Å². The van der Waals surface area contributed by atoms with E-state index < -0.39 is 18.1 Å². The van der Waals surface area contributed by atoms with Crippen LogP contribution in [0.25, 0.3) is 0 Å². The quantitative estimate of drug-likeness (QED) is 0.786. The standard InChI is InChI=1S/C13H14BrNO4/c1-2-7-19-13(18)15-11(12(16)17)8-9-5-3-4-6-10(9)14/h2-6,11H,1,7-8H2,(H,15,18)(H,16,17)/t11-/m1/s1. The number of carboxylic acid groups (broad SMARTS) is 1. The van der Waals surface area contributed by atoms with E-state index in [1.165, 1.54) is 6.08 Å². The van der Waals surface area contributed by atoms with Gasteiger partial charge >= 0.3 is 12.1 Å². The number of hydrogen-bond acceptors (Lipinski definition) is 3. The molecule has 1 aromatic rings. The van der Waals surface area contributed by atoms with E-state index in [0.29, 0.717) is 0 Å². The fraction of sp³-hybridized carbons (Fsp3) is 0.231. The summed E-state index contributed by atoms with van der Waals surface area (Å²) in [7, 11) is 0. The zero-order valence-electron chi connectivity index (χ0n) is 10.1. The van der Waals surface area contributed by atoms with Gasteiger partial charge in [-0.2, -0.15) is 0 Å². The third kappa shape index (κ3) is 5.13. The number of ether oxygens (including phenoxy) is 1. The SMILES string of the molecule is C=CCOC(=O)N[C@H](Cc1ccccc1Br)C(=O)O. The Morgan fingerprint density at radius 2 is 2.16 bits per heavy atom. The molecule has 2 N–H and O–H groups in total. The van der Waals surface area contributed by atoms with Gasteiger partial charge in [-0.1, -0.05) is 46.8 Å². The molecule has 0 fully saturated rings. The maximum absolute atomic E-state index is 11.3. The van der Waals surface area contributed by atoms with Gasteiger partial charge in [-0.15, -0.1) is 0 Å². The highest BCUT2D eigenvalue weighted by molar-refractivity contribution is 9.10. The molecule has 0 spiro atoms. The molecular formula is C13H14BrNO4. The molecule has 1 aromatic carbocycles. The number of hydrogen-bond donors (Lipinski definition) is 2. The van der Waals surface area contributed by atoms with Crippen molar-refractivity contribution < 1.29 is 19.4 Å². The summed E-state index contributed by atoms with van der Waals surface area (Å²) in [6.07, 6.45) is 0.794. The first-order valence-corrected chi connectivity index (χ1v) is 6.34. The second-order valence-corrected chi connectivity index (χ2v) is 4.57. The van der Waals surface area contributed by atoms with E-state index >= 15 is 0 Å². The number of halogens is 1. The van der Waals surface area contributed by atoms with Crippen LogP contribution in [0.3, 0.4) is 0 Å². The molecule has 0 saturated heterocycles. The van der Waals surface area contributed by atoms with Crippen LogP contribution in [0, 0.1) is 0 Å². The van der Waals surface area contributed by atoms with Gasteiger partial charge in [0.15, 0.2) is 0 Å². The van der Waals surface area contributed by atoms with Crippen LogP contribution in [0.2, 0.25) is 0 Å². The number of amides is 1. The number of carboxylic acids is 1. The smallest absolute Gasteiger partial charge is 0.408 e. The van der Waals surface area contributed by atoms with E-state index in [-0.39, 0.29) is 13.0 Å². The average molecular weight is 328 g/mol. The van der Waals surface area contributed by atoms with Crippen LogP contribution in [0.15, 0.2) is 41.4 Å². The van der Waals surface area contributed by atoms with Crippen molar-refractivity contribution in [2.45, 2.75) is 12.5 Å². The Hall–Kier alpha value is -1.82. The summed E-state index contributed by atoms with van der Waals surface area (Å²) in [5.41, 5.74) is 0.791. The molecule has 0 bridgehead atoms. The van der Waals surface area contributed by atoms with Crippen molar-refractivity contribution in [3.63, 3.8) is 0 Å². The molecule has 1 atom stereocenters. The van der Waals surface area contributed by atoms with E-state index in [4.69, 9.17) is 9.84 Å². The van der Waals surface area contributed by atoms with Gasteiger partial charge < -0.3 is 15.2 Å². The molecule has 1 rings (SSSR count). The lowest BCUT2D eigenvalue weighted by Gasteiger charge is -2.15. The number of alkyl carbamates (subject to hydrolysis) is 1. The first-order chi connectivity index (χ1) is 9.04. The maximum Gasteiger partial charge on any atom is 0.408 e. The van der Waals surface area contributed by atoms with Gasteiger partial charge in [0, 0.05) is 10.9 Å². The Bertz CT molecular complexity index is 475. The Labute approximate surface area is 119 Å². The molecule has 1 amide bonds. The molecule has 0 aliphatic rings. The summed E-state index contributed by atoms with van der Waals surface area (Å²) in [5.74, 6) is -1.12. The molecule has 6 heteroatoms. The molecule has 0 aliphatic heterocycles. The molecule has 0 radical (unpaired) electrons. The number of aliphatic carboxylic acids is 1. The summed E-state index contributed by atoms with van der Waals surface area (Å²) in [6.45, 7) is 3.43. The van der Waals surface area contributed by atoms with Crippen molar-refractivity contribution in [3.8, 4) is 0 Å². The molecule has 5 nitrogen and oxygen atoms in total. The molecule has 102 valence electrons. The molecule has 0 heterocycles. The third-order valence-electron chi connectivity index (χ3n) is 2.30. The normalized spacial score (nSPS) is 11.4. The second kappa shape index (κ2) is 7.58. The van der Waals surface area contributed by atoms with Crippen LogP contribution in [0.4, 0.5) is 4.79 Å². The first-order valence-electron chi connectivity index (χ1n) is 5.55. The van der Waals surface area contributed by atoms with Gasteiger partial charge in [-0.25, -0.2) is 9.59 Å². The highest BCUT2D eigenvalue weighted by atomic mass is 79.9. The number of nitrogens with one attached hydrogen (secondary N) is 1. The Morgan fingerprint density at radius 3 is 2.74 bits per heavy atom. The predicted molar refractivity (Wildman–Crippen MR) is 74.0 cm³/mol. The molecule has 19 heavy (non-hydrogen) atoms. The maximum atomic E-state index is 11.3. The average Bonchev–Trinajstić information content (AvgIpc) is 2.38. The van der Waals surface area contributed by atoms with E-state index in [1.54, 1.807) is 12.1 Å². The summed E-state index contributed by atoms with van der Waals surface area (Å²) < 4.78 is 5.49. The van der Waals surface area contributed by atoms with Crippen molar-refractivity contribution in [2.75, 3.05) is 6.61 Å². The highest BCUT2D eigenvalue weighted by Gasteiger charge is 2.21. The van der Waals surface area contributed by atoms with Gasteiger partial charge in [0.1, 0.15) is 12.6 Å². The number of carbonyl (C=O) groups is 2. The predicted octanol–water partition coefficient (Wildman–Crippen LogP) is 2.36. The molecule has 0 unspecified atom stereocenters. The molecule has 0 saturated carbocycles. The third-order valence-corrected chi connectivity index (χ3v) is 3.08. The largest absolute Gasteiger partial charge is 0.480 e. The summed E-state index contributed by atoms with van der Waals surface area (Å²) in [4.78, 5) is 22.5. The van der Waals surface area contributed by atoms with Crippen molar-refractivity contribution in [1.29, 1.82) is 0 Å². The second-order valence-electron chi connectivity index (χ2n) is 3.72. The van der Waals surface area contributed by atoms with E-state index in [0.717, 1.165) is 10.0 Å². The van der Waals surface area contributed by atoms with Crippen molar-refractivity contribution in [3.05, 3.63) is 47.0 Å². The van der Waals surface area contributed by atoms with Crippen LogP contribution in [-0.4, -0.2) is 29.8 Å². The van der Waals surface area contributed by atoms with Gasteiger partial charge in [-0.3, -0.25) is 0 Å². The monoisotopic (exact) mass is 327 g/mol. The molecule has 0 aromatic heterocycles. The fourth-order valence-corrected chi connectivity index (χ4v) is 1.85. The van der Waals surface area contributed by atoms with Crippen LogP contribution in [0.5, 0.6) is 0 Å². The van der Waals surface area contributed by atoms with Gasteiger partial charge in [0.05, 0.1) is 0 Å².